The van der Waals surface area contributed by atoms with E-state index in [1.54, 1.807) is 0 Å². The Kier molecular flexibility index (Phi) is 1.84. The molecule has 0 saturated heterocycles. The Labute approximate surface area is 89.5 Å². The van der Waals surface area contributed by atoms with Crippen molar-refractivity contribution in [3.63, 3.8) is 0 Å². The minimum atomic E-state index is 0.506. The maximum absolute atomic E-state index is 4.48. The molecule has 2 aromatic rings. The Balaban J connectivity index is 2.35. The SMILES string of the molecule is CCC1C=Nc2ccc3ccccc3c21. The number of rotatable bonds is 1. The molecule has 0 saturated carbocycles. The number of nitrogens with zero attached hydrogens (tertiary/aromatic N) is 1. The van der Waals surface area contributed by atoms with Crippen LogP contribution in [0.1, 0.15) is 24.8 Å². The molecule has 1 unspecified atom stereocenters. The first-order valence-electron chi connectivity index (χ1n) is 5.46. The molecule has 0 radical (unpaired) electrons. The zero-order chi connectivity index (χ0) is 10.3. The van der Waals surface area contributed by atoms with Crippen molar-refractivity contribution in [3.05, 3.63) is 42.0 Å². The topological polar surface area (TPSA) is 12.4 Å². The van der Waals surface area contributed by atoms with Crippen LogP contribution in [0.15, 0.2) is 41.4 Å². The molecule has 0 bridgehead atoms. The van der Waals surface area contributed by atoms with Gasteiger partial charge in [0.05, 0.1) is 5.69 Å². The molecular formula is C14H13N. The van der Waals surface area contributed by atoms with Gasteiger partial charge in [0.15, 0.2) is 0 Å². The van der Waals surface area contributed by atoms with Gasteiger partial charge >= 0.3 is 0 Å². The summed E-state index contributed by atoms with van der Waals surface area (Å²) in [6.45, 7) is 2.22. The Hall–Kier alpha value is -1.63. The minimum Gasteiger partial charge on any atom is -0.260 e. The Morgan fingerprint density at radius 1 is 1.13 bits per heavy atom. The van der Waals surface area contributed by atoms with Crippen LogP contribution in [-0.2, 0) is 0 Å². The molecule has 1 nitrogen and oxygen atoms in total. The molecule has 15 heavy (non-hydrogen) atoms. The van der Waals surface area contributed by atoms with Gasteiger partial charge in [-0.3, -0.25) is 4.99 Å². The first-order valence-corrected chi connectivity index (χ1v) is 5.46. The molecule has 1 heteroatoms. The summed E-state index contributed by atoms with van der Waals surface area (Å²) in [6.07, 6.45) is 3.21. The minimum absolute atomic E-state index is 0.506. The number of hydrogen-bond donors (Lipinski definition) is 0. The van der Waals surface area contributed by atoms with E-state index in [-0.39, 0.29) is 0 Å². The molecule has 2 aromatic carbocycles. The predicted molar refractivity (Wildman–Crippen MR) is 65.1 cm³/mol. The van der Waals surface area contributed by atoms with Gasteiger partial charge in [-0.25, -0.2) is 0 Å². The van der Waals surface area contributed by atoms with Crippen LogP contribution in [0.5, 0.6) is 0 Å². The van der Waals surface area contributed by atoms with Crippen LogP contribution in [-0.4, -0.2) is 6.21 Å². The van der Waals surface area contributed by atoms with Gasteiger partial charge in [0.25, 0.3) is 0 Å². The van der Waals surface area contributed by atoms with E-state index in [0.717, 1.165) is 12.1 Å². The summed E-state index contributed by atoms with van der Waals surface area (Å²) in [5.41, 5.74) is 2.57. The molecule has 1 aliphatic heterocycles. The summed E-state index contributed by atoms with van der Waals surface area (Å²) in [4.78, 5) is 4.48. The number of benzene rings is 2. The van der Waals surface area contributed by atoms with E-state index in [1.165, 1.54) is 16.3 Å². The van der Waals surface area contributed by atoms with E-state index in [9.17, 15) is 0 Å². The number of fused-ring (bicyclic) bond motifs is 3. The van der Waals surface area contributed by atoms with Gasteiger partial charge in [0, 0.05) is 12.1 Å². The van der Waals surface area contributed by atoms with E-state index in [1.807, 2.05) is 0 Å². The molecule has 0 fully saturated rings. The van der Waals surface area contributed by atoms with Crippen molar-refractivity contribution >= 4 is 22.7 Å². The Morgan fingerprint density at radius 2 is 2.00 bits per heavy atom. The van der Waals surface area contributed by atoms with Crippen LogP contribution in [0.25, 0.3) is 10.8 Å². The lowest BCUT2D eigenvalue weighted by molar-refractivity contribution is 0.882. The second-order valence-electron chi connectivity index (χ2n) is 4.01. The molecule has 1 atom stereocenters. The van der Waals surface area contributed by atoms with Crippen LogP contribution in [0.4, 0.5) is 5.69 Å². The van der Waals surface area contributed by atoms with Gasteiger partial charge in [-0.05, 0) is 28.8 Å². The highest BCUT2D eigenvalue weighted by atomic mass is 14.8. The Morgan fingerprint density at radius 3 is 2.87 bits per heavy atom. The van der Waals surface area contributed by atoms with Gasteiger partial charge in [-0.1, -0.05) is 37.3 Å². The predicted octanol–water partition coefficient (Wildman–Crippen LogP) is 4.05. The van der Waals surface area contributed by atoms with Crippen LogP contribution >= 0.6 is 0 Å². The second kappa shape index (κ2) is 3.20. The highest BCUT2D eigenvalue weighted by molar-refractivity contribution is 5.96. The highest BCUT2D eigenvalue weighted by Gasteiger charge is 2.19. The molecule has 0 spiro atoms. The lowest BCUT2D eigenvalue weighted by atomic mass is 9.93. The van der Waals surface area contributed by atoms with Crippen molar-refractivity contribution in [2.45, 2.75) is 19.3 Å². The fraction of sp³-hybridized carbons (Fsp3) is 0.214. The first-order chi connectivity index (χ1) is 7.40. The van der Waals surface area contributed by atoms with E-state index in [4.69, 9.17) is 0 Å². The summed E-state index contributed by atoms with van der Waals surface area (Å²) in [5, 5.41) is 2.68. The molecule has 74 valence electrons. The zero-order valence-electron chi connectivity index (χ0n) is 8.77. The largest absolute Gasteiger partial charge is 0.260 e. The van der Waals surface area contributed by atoms with E-state index in [0.29, 0.717) is 5.92 Å². The molecule has 0 N–H and O–H groups in total. The van der Waals surface area contributed by atoms with Crippen molar-refractivity contribution in [2.75, 3.05) is 0 Å². The average Bonchev–Trinajstić information content (AvgIpc) is 2.72. The van der Waals surface area contributed by atoms with E-state index < -0.39 is 0 Å². The third kappa shape index (κ3) is 1.19. The summed E-state index contributed by atoms with van der Waals surface area (Å²) < 4.78 is 0. The Bertz CT molecular complexity index is 540. The van der Waals surface area contributed by atoms with Crippen molar-refractivity contribution in [1.29, 1.82) is 0 Å². The second-order valence-corrected chi connectivity index (χ2v) is 4.01. The van der Waals surface area contributed by atoms with Gasteiger partial charge in [-0.2, -0.15) is 0 Å². The number of hydrogen-bond acceptors (Lipinski definition) is 1. The molecule has 1 aliphatic rings. The van der Waals surface area contributed by atoms with Crippen LogP contribution in [0.3, 0.4) is 0 Å². The smallest absolute Gasteiger partial charge is 0.0670 e. The van der Waals surface area contributed by atoms with Gasteiger partial charge < -0.3 is 0 Å². The van der Waals surface area contributed by atoms with Crippen LogP contribution < -0.4 is 0 Å². The summed E-state index contributed by atoms with van der Waals surface area (Å²) in [5.74, 6) is 0.506. The normalized spacial score (nSPS) is 18.3. The number of aliphatic imine (C=N–C) groups is 1. The fourth-order valence-electron chi connectivity index (χ4n) is 2.34. The average molecular weight is 195 g/mol. The van der Waals surface area contributed by atoms with Crippen molar-refractivity contribution < 1.29 is 0 Å². The lowest BCUT2D eigenvalue weighted by Crippen LogP contribution is -1.94. The summed E-state index contributed by atoms with van der Waals surface area (Å²) in [7, 11) is 0. The molecule has 0 aliphatic carbocycles. The molecule has 3 rings (SSSR count). The van der Waals surface area contributed by atoms with Crippen molar-refractivity contribution in [3.8, 4) is 0 Å². The third-order valence-electron chi connectivity index (χ3n) is 3.15. The lowest BCUT2D eigenvalue weighted by Gasteiger charge is -2.09. The van der Waals surface area contributed by atoms with Gasteiger partial charge in [0.2, 0.25) is 0 Å². The highest BCUT2D eigenvalue weighted by Crippen LogP contribution is 2.39. The maximum Gasteiger partial charge on any atom is 0.0670 e. The summed E-state index contributed by atoms with van der Waals surface area (Å²) >= 11 is 0. The quantitative estimate of drug-likeness (QED) is 0.651. The summed E-state index contributed by atoms with van der Waals surface area (Å²) in [6, 6.07) is 12.8. The van der Waals surface area contributed by atoms with E-state index >= 15 is 0 Å². The zero-order valence-corrected chi connectivity index (χ0v) is 8.77. The maximum atomic E-state index is 4.48. The fourth-order valence-corrected chi connectivity index (χ4v) is 2.34. The van der Waals surface area contributed by atoms with Crippen molar-refractivity contribution in [2.24, 2.45) is 4.99 Å². The first kappa shape index (κ1) is 8.66. The standard InChI is InChI=1S/C14H13N/c1-2-10-9-15-13-8-7-11-5-3-4-6-12(11)14(10)13/h3-10H,2H2,1H3. The van der Waals surface area contributed by atoms with E-state index in [2.05, 4.69) is 54.5 Å². The molecular weight excluding hydrogens is 182 g/mol. The van der Waals surface area contributed by atoms with Gasteiger partial charge in [-0.15, -0.1) is 0 Å². The van der Waals surface area contributed by atoms with Gasteiger partial charge in [0.1, 0.15) is 0 Å². The monoisotopic (exact) mass is 195 g/mol. The molecule has 0 amide bonds. The van der Waals surface area contributed by atoms with Crippen molar-refractivity contribution in [1.82, 2.24) is 0 Å². The molecule has 1 heterocycles. The van der Waals surface area contributed by atoms with Crippen LogP contribution in [0, 0.1) is 0 Å². The van der Waals surface area contributed by atoms with Crippen LogP contribution in [0.2, 0.25) is 0 Å². The third-order valence-corrected chi connectivity index (χ3v) is 3.15. The molecule has 0 aromatic heterocycles.